The highest BCUT2D eigenvalue weighted by Gasteiger charge is 2.52. The van der Waals surface area contributed by atoms with Crippen LogP contribution in [0.15, 0.2) is 60.7 Å². The fourth-order valence-corrected chi connectivity index (χ4v) is 9.56. The molecule has 0 aliphatic carbocycles. The summed E-state index contributed by atoms with van der Waals surface area (Å²) in [5.74, 6) is -3.25. The van der Waals surface area contributed by atoms with E-state index in [4.69, 9.17) is 9.16 Å². The molecule has 0 spiro atoms. The van der Waals surface area contributed by atoms with E-state index < -0.39 is 50.1 Å². The number of hydrogen-bond acceptors (Lipinski definition) is 6. The highest BCUT2D eigenvalue weighted by Crippen LogP contribution is 2.37. The van der Waals surface area contributed by atoms with Crippen LogP contribution in [-0.4, -0.2) is 62.5 Å². The molecule has 0 bridgehead atoms. The molecule has 212 valence electrons. The van der Waals surface area contributed by atoms with Crippen LogP contribution < -0.4 is 21.0 Å². The number of methoxy groups -OCH3 is 1. The number of rotatable bonds is 12. The molecule has 2 aromatic carbocycles. The number of alkyl halides is 1. The number of halogens is 1. The third-order valence-corrected chi connectivity index (χ3v) is 12.3. The predicted molar refractivity (Wildman–Crippen MR) is 158 cm³/mol. The molecule has 2 N–H and O–H groups in total. The zero-order chi connectivity index (χ0) is 29.4. The average Bonchev–Trinajstić information content (AvgIpc) is 2.91. The van der Waals surface area contributed by atoms with Gasteiger partial charge in [0, 0.05) is 0 Å². The molecule has 2 aromatic rings. The Morgan fingerprint density at radius 1 is 0.846 bits per heavy atom. The number of ketones is 1. The van der Waals surface area contributed by atoms with Crippen LogP contribution in [0.5, 0.6) is 0 Å². The molecule has 0 heterocycles. The second-order valence-electron chi connectivity index (χ2n) is 10.7. The Morgan fingerprint density at radius 2 is 1.33 bits per heavy atom. The predicted octanol–water partition coefficient (Wildman–Crippen LogP) is 2.71. The van der Waals surface area contributed by atoms with Gasteiger partial charge in [0.05, 0.1) is 18.5 Å². The Kier molecular flexibility index (Phi) is 11.6. The van der Waals surface area contributed by atoms with Gasteiger partial charge < -0.3 is 19.8 Å². The topological polar surface area (TPSA) is 111 Å². The summed E-state index contributed by atoms with van der Waals surface area (Å²) >= 11 is 2.96. The monoisotopic (exact) mass is 618 g/mol. The van der Waals surface area contributed by atoms with Gasteiger partial charge in [0.1, 0.15) is 6.04 Å². The number of benzene rings is 2. The minimum atomic E-state index is -3.06. The molecule has 0 aliphatic heterocycles. The summed E-state index contributed by atoms with van der Waals surface area (Å²) in [5, 5.41) is 6.72. The Labute approximate surface area is 240 Å². The van der Waals surface area contributed by atoms with E-state index in [1.165, 1.54) is 7.11 Å². The van der Waals surface area contributed by atoms with Crippen molar-refractivity contribution in [3.05, 3.63) is 60.7 Å². The van der Waals surface area contributed by atoms with Crippen LogP contribution in [0, 0.1) is 5.92 Å². The lowest BCUT2D eigenvalue weighted by molar-refractivity contribution is -0.148. The van der Waals surface area contributed by atoms with Crippen LogP contribution in [0.4, 0.5) is 0 Å². The van der Waals surface area contributed by atoms with Gasteiger partial charge in [-0.1, -0.05) is 111 Å². The zero-order valence-electron chi connectivity index (χ0n) is 23.6. The second-order valence-corrected chi connectivity index (χ2v) is 15.6. The number of nitrogens with one attached hydrogen (secondary N) is 2. The fraction of sp³-hybridized carbons (Fsp3) is 0.448. The molecular weight excluding hydrogens is 580 g/mol. The van der Waals surface area contributed by atoms with Gasteiger partial charge in [-0.3, -0.25) is 14.4 Å². The SMILES string of the molecule is COC(=O)[C@@H](NC(=O)[C@@H](NC(=O)C(=O)CBr)C(C)C)[C@@H](C)O[Si](c1ccccc1)(c1ccccc1)C(C)(C)C. The van der Waals surface area contributed by atoms with Crippen LogP contribution in [0.2, 0.25) is 5.04 Å². The number of Topliss-reactive ketones (excluding diaryl/α,β-unsaturated/α-hetero) is 1. The number of amides is 2. The third kappa shape index (κ3) is 7.64. The first-order valence-electron chi connectivity index (χ1n) is 12.9. The van der Waals surface area contributed by atoms with Gasteiger partial charge >= 0.3 is 5.97 Å². The molecular formula is C29H39BrN2O6Si. The highest BCUT2D eigenvalue weighted by atomic mass is 79.9. The molecule has 39 heavy (non-hydrogen) atoms. The van der Waals surface area contributed by atoms with Crippen molar-refractivity contribution in [3.8, 4) is 0 Å². The molecule has 3 atom stereocenters. The van der Waals surface area contributed by atoms with Crippen LogP contribution in [0.25, 0.3) is 0 Å². The first-order valence-corrected chi connectivity index (χ1v) is 15.9. The highest BCUT2D eigenvalue weighted by molar-refractivity contribution is 9.09. The first kappa shape index (κ1) is 32.4. The number of ether oxygens (including phenoxy) is 1. The smallest absolute Gasteiger partial charge is 0.331 e. The van der Waals surface area contributed by atoms with Crippen molar-refractivity contribution in [3.63, 3.8) is 0 Å². The van der Waals surface area contributed by atoms with Crippen molar-refractivity contribution in [1.82, 2.24) is 10.6 Å². The van der Waals surface area contributed by atoms with E-state index in [-0.39, 0.29) is 16.3 Å². The largest absolute Gasteiger partial charge is 0.467 e. The normalized spacial score (nSPS) is 14.2. The van der Waals surface area contributed by atoms with Crippen molar-refractivity contribution in [1.29, 1.82) is 0 Å². The van der Waals surface area contributed by atoms with Gasteiger partial charge in [-0.2, -0.15) is 0 Å². The molecule has 2 rings (SSSR count). The Bertz CT molecular complexity index is 1100. The number of carbonyl (C=O) groups is 4. The Morgan fingerprint density at radius 3 is 1.72 bits per heavy atom. The molecule has 10 heteroatoms. The van der Waals surface area contributed by atoms with E-state index in [0.717, 1.165) is 10.4 Å². The summed E-state index contributed by atoms with van der Waals surface area (Å²) in [6, 6.07) is 17.7. The van der Waals surface area contributed by atoms with Crippen LogP contribution in [0.1, 0.15) is 41.5 Å². The summed E-state index contributed by atoms with van der Waals surface area (Å²) in [5.41, 5.74) is 0. The molecule has 0 unspecified atom stereocenters. The Balaban J connectivity index is 2.52. The number of carbonyl (C=O) groups excluding carboxylic acids is 4. The fourth-order valence-electron chi connectivity index (χ4n) is 4.59. The van der Waals surface area contributed by atoms with Crippen molar-refractivity contribution in [2.24, 2.45) is 5.92 Å². The second kappa shape index (κ2) is 14.0. The lowest BCUT2D eigenvalue weighted by Crippen LogP contribution is -2.69. The molecule has 0 saturated heterocycles. The standard InChI is InChI=1S/C29H39BrN2O6Si/c1-19(2)24(31-26(34)23(33)18-30)27(35)32-25(28(36)37-7)20(3)38-39(29(4,5)6,21-14-10-8-11-15-21)22-16-12-9-13-17-22/h8-17,19-20,24-25H,18H2,1-7H3,(H,31,34)(H,32,35)/t20-,24+,25+/m1/s1. The van der Waals surface area contributed by atoms with Crippen molar-refractivity contribution >= 4 is 58.2 Å². The molecule has 0 radical (unpaired) electrons. The minimum Gasteiger partial charge on any atom is -0.467 e. The molecule has 0 aliphatic rings. The van der Waals surface area contributed by atoms with E-state index in [9.17, 15) is 19.2 Å². The van der Waals surface area contributed by atoms with Gasteiger partial charge in [-0.15, -0.1) is 0 Å². The van der Waals surface area contributed by atoms with Crippen molar-refractivity contribution < 1.29 is 28.3 Å². The van der Waals surface area contributed by atoms with Crippen LogP contribution in [-0.2, 0) is 28.3 Å². The summed E-state index contributed by atoms with van der Waals surface area (Å²) in [6.07, 6.45) is -0.805. The third-order valence-electron chi connectivity index (χ3n) is 6.61. The summed E-state index contributed by atoms with van der Waals surface area (Å²) in [4.78, 5) is 50.4. The summed E-state index contributed by atoms with van der Waals surface area (Å²) < 4.78 is 12.1. The minimum absolute atomic E-state index is 0.167. The zero-order valence-corrected chi connectivity index (χ0v) is 26.2. The maximum atomic E-state index is 13.4. The maximum Gasteiger partial charge on any atom is 0.331 e. The molecule has 8 nitrogen and oxygen atoms in total. The quantitative estimate of drug-likeness (QED) is 0.164. The van der Waals surface area contributed by atoms with Crippen molar-refractivity contribution in [2.45, 2.75) is 64.8 Å². The van der Waals surface area contributed by atoms with Crippen LogP contribution in [0.3, 0.4) is 0 Å². The van der Waals surface area contributed by atoms with E-state index in [0.29, 0.717) is 0 Å². The van der Waals surface area contributed by atoms with Crippen molar-refractivity contribution in [2.75, 3.05) is 12.4 Å². The van der Waals surface area contributed by atoms with Gasteiger partial charge in [-0.05, 0) is 28.3 Å². The van der Waals surface area contributed by atoms with Crippen LogP contribution >= 0.6 is 15.9 Å². The summed E-state index contributed by atoms with van der Waals surface area (Å²) in [6.45, 7) is 11.5. The molecule has 2 amide bonds. The van der Waals surface area contributed by atoms with E-state index in [1.807, 2.05) is 60.7 Å². The average molecular weight is 620 g/mol. The summed E-state index contributed by atoms with van der Waals surface area (Å²) in [7, 11) is -1.82. The first-order chi connectivity index (χ1) is 18.3. The lowest BCUT2D eigenvalue weighted by Gasteiger charge is -2.45. The van der Waals surface area contributed by atoms with Gasteiger partial charge in [-0.25, -0.2) is 4.79 Å². The van der Waals surface area contributed by atoms with E-state index >= 15 is 0 Å². The number of esters is 1. The maximum absolute atomic E-state index is 13.4. The van der Waals surface area contributed by atoms with E-state index in [2.05, 4.69) is 47.3 Å². The lowest BCUT2D eigenvalue weighted by atomic mass is 10.0. The number of hydrogen-bond donors (Lipinski definition) is 2. The van der Waals surface area contributed by atoms with Gasteiger partial charge in [0.2, 0.25) is 11.7 Å². The molecule has 0 saturated carbocycles. The van der Waals surface area contributed by atoms with Gasteiger partial charge in [0.15, 0.2) is 6.04 Å². The van der Waals surface area contributed by atoms with Gasteiger partial charge in [0.25, 0.3) is 14.2 Å². The Hall–Kier alpha value is -2.82. The molecule has 0 fully saturated rings. The van der Waals surface area contributed by atoms with E-state index in [1.54, 1.807) is 20.8 Å². The molecule has 0 aromatic heterocycles.